The van der Waals surface area contributed by atoms with Gasteiger partial charge in [0.15, 0.2) is 5.78 Å². The van der Waals surface area contributed by atoms with Gasteiger partial charge < -0.3 is 0 Å². The molecule has 2 aromatic rings. The Labute approximate surface area is 119 Å². The molecule has 0 unspecified atom stereocenters. The molecule has 0 aliphatic heterocycles. The SMILES string of the molecule is CCC(=O)CC(=O)c1ccc(-c2ccc(C)cc2)cc1. The summed E-state index contributed by atoms with van der Waals surface area (Å²) in [5.74, 6) is -0.120. The number of carbonyl (C=O) groups is 2. The van der Waals surface area contributed by atoms with Crippen molar-refractivity contribution < 1.29 is 9.59 Å². The summed E-state index contributed by atoms with van der Waals surface area (Å²) >= 11 is 0. The molecule has 0 radical (unpaired) electrons. The van der Waals surface area contributed by atoms with Crippen molar-refractivity contribution in [2.45, 2.75) is 26.7 Å². The maximum absolute atomic E-state index is 11.9. The molecule has 2 heteroatoms. The Balaban J connectivity index is 2.15. The number of Topliss-reactive ketones (excluding diaryl/α,β-unsaturated/α-hetero) is 2. The van der Waals surface area contributed by atoms with E-state index in [1.165, 1.54) is 5.56 Å². The number of carbonyl (C=O) groups excluding carboxylic acids is 2. The van der Waals surface area contributed by atoms with Gasteiger partial charge in [-0.25, -0.2) is 0 Å². The minimum atomic E-state index is -0.104. The molecule has 0 saturated heterocycles. The van der Waals surface area contributed by atoms with Crippen LogP contribution in [0.15, 0.2) is 48.5 Å². The monoisotopic (exact) mass is 266 g/mol. The highest BCUT2D eigenvalue weighted by atomic mass is 16.1. The molecule has 0 amide bonds. The maximum atomic E-state index is 11.9. The number of hydrogen-bond donors (Lipinski definition) is 0. The average molecular weight is 266 g/mol. The van der Waals surface area contributed by atoms with E-state index in [2.05, 4.69) is 31.2 Å². The Morgan fingerprint density at radius 3 is 1.85 bits per heavy atom. The van der Waals surface area contributed by atoms with Gasteiger partial charge in [0.2, 0.25) is 0 Å². The lowest BCUT2D eigenvalue weighted by Crippen LogP contribution is -2.06. The van der Waals surface area contributed by atoms with E-state index in [9.17, 15) is 9.59 Å². The fourth-order valence-corrected chi connectivity index (χ4v) is 2.00. The fourth-order valence-electron chi connectivity index (χ4n) is 2.00. The van der Waals surface area contributed by atoms with Crippen molar-refractivity contribution in [2.24, 2.45) is 0 Å². The minimum Gasteiger partial charge on any atom is -0.299 e. The van der Waals surface area contributed by atoms with Gasteiger partial charge in [-0.1, -0.05) is 61.0 Å². The molecule has 0 fully saturated rings. The van der Waals surface area contributed by atoms with Crippen LogP contribution in [-0.4, -0.2) is 11.6 Å². The van der Waals surface area contributed by atoms with Gasteiger partial charge in [0, 0.05) is 12.0 Å². The summed E-state index contributed by atoms with van der Waals surface area (Å²) in [4.78, 5) is 23.2. The third-order valence-corrected chi connectivity index (χ3v) is 3.34. The molecule has 0 spiro atoms. The molecule has 2 nitrogen and oxygen atoms in total. The van der Waals surface area contributed by atoms with Gasteiger partial charge >= 0.3 is 0 Å². The van der Waals surface area contributed by atoms with E-state index in [1.807, 2.05) is 12.1 Å². The molecule has 2 aromatic carbocycles. The van der Waals surface area contributed by atoms with Crippen LogP contribution < -0.4 is 0 Å². The van der Waals surface area contributed by atoms with Crippen LogP contribution in [-0.2, 0) is 4.79 Å². The van der Waals surface area contributed by atoms with E-state index in [4.69, 9.17) is 0 Å². The second-order valence-corrected chi connectivity index (χ2v) is 4.94. The van der Waals surface area contributed by atoms with Crippen LogP contribution in [0, 0.1) is 6.92 Å². The van der Waals surface area contributed by atoms with Gasteiger partial charge in [0.1, 0.15) is 5.78 Å². The van der Waals surface area contributed by atoms with Crippen LogP contribution in [0.3, 0.4) is 0 Å². The Kier molecular flexibility index (Phi) is 4.46. The Hall–Kier alpha value is -2.22. The van der Waals surface area contributed by atoms with Gasteiger partial charge in [-0.3, -0.25) is 9.59 Å². The van der Waals surface area contributed by atoms with Gasteiger partial charge in [0.25, 0.3) is 0 Å². The summed E-state index contributed by atoms with van der Waals surface area (Å²) in [7, 11) is 0. The molecule has 0 aliphatic rings. The summed E-state index contributed by atoms with van der Waals surface area (Å²) in [6, 6.07) is 15.7. The van der Waals surface area contributed by atoms with Gasteiger partial charge in [0.05, 0.1) is 6.42 Å². The normalized spacial score (nSPS) is 10.3. The molecule has 0 atom stereocenters. The third kappa shape index (κ3) is 3.41. The second-order valence-electron chi connectivity index (χ2n) is 4.94. The first-order valence-corrected chi connectivity index (χ1v) is 6.82. The molecular weight excluding hydrogens is 248 g/mol. The first kappa shape index (κ1) is 14.2. The van der Waals surface area contributed by atoms with Crippen LogP contribution in [0.5, 0.6) is 0 Å². The standard InChI is InChI=1S/C18H18O2/c1-3-17(19)12-18(20)16-10-8-15(9-11-16)14-6-4-13(2)5-7-14/h4-11H,3,12H2,1-2H3. The van der Waals surface area contributed by atoms with Crippen molar-refractivity contribution in [3.05, 3.63) is 59.7 Å². The Morgan fingerprint density at radius 2 is 1.35 bits per heavy atom. The average Bonchev–Trinajstić information content (AvgIpc) is 2.48. The molecule has 0 bridgehead atoms. The van der Waals surface area contributed by atoms with Crippen LogP contribution in [0.25, 0.3) is 11.1 Å². The largest absolute Gasteiger partial charge is 0.299 e. The molecule has 0 aromatic heterocycles. The topological polar surface area (TPSA) is 34.1 Å². The van der Waals surface area contributed by atoms with Crippen molar-refractivity contribution in [1.29, 1.82) is 0 Å². The molecular formula is C18H18O2. The van der Waals surface area contributed by atoms with Gasteiger partial charge in [-0.2, -0.15) is 0 Å². The summed E-state index contributed by atoms with van der Waals surface area (Å²) in [5.41, 5.74) is 4.02. The molecule has 0 saturated carbocycles. The number of rotatable bonds is 5. The highest BCUT2D eigenvalue weighted by molar-refractivity contribution is 6.08. The predicted molar refractivity (Wildman–Crippen MR) is 80.9 cm³/mol. The lowest BCUT2D eigenvalue weighted by molar-refractivity contribution is -0.117. The zero-order valence-electron chi connectivity index (χ0n) is 11.8. The van der Waals surface area contributed by atoms with E-state index in [0.717, 1.165) is 11.1 Å². The fraction of sp³-hybridized carbons (Fsp3) is 0.222. The van der Waals surface area contributed by atoms with E-state index in [1.54, 1.807) is 19.1 Å². The van der Waals surface area contributed by atoms with Crippen molar-refractivity contribution in [3.63, 3.8) is 0 Å². The van der Waals surface area contributed by atoms with E-state index >= 15 is 0 Å². The summed E-state index contributed by atoms with van der Waals surface area (Å²) in [6.07, 6.45) is 0.410. The van der Waals surface area contributed by atoms with Crippen molar-refractivity contribution in [2.75, 3.05) is 0 Å². The van der Waals surface area contributed by atoms with Crippen LogP contribution in [0.2, 0.25) is 0 Å². The first-order valence-electron chi connectivity index (χ1n) is 6.82. The van der Waals surface area contributed by atoms with E-state index < -0.39 is 0 Å². The predicted octanol–water partition coefficient (Wildman–Crippen LogP) is 4.21. The molecule has 0 heterocycles. The van der Waals surface area contributed by atoms with Crippen LogP contribution >= 0.6 is 0 Å². The maximum Gasteiger partial charge on any atom is 0.170 e. The zero-order valence-corrected chi connectivity index (χ0v) is 11.8. The zero-order chi connectivity index (χ0) is 14.5. The first-order chi connectivity index (χ1) is 9.60. The molecule has 102 valence electrons. The van der Waals surface area contributed by atoms with Gasteiger partial charge in [-0.15, -0.1) is 0 Å². The minimum absolute atomic E-state index is 0.000375. The lowest BCUT2D eigenvalue weighted by atomic mass is 10.00. The molecule has 2 rings (SSSR count). The summed E-state index contributed by atoms with van der Waals surface area (Å²) < 4.78 is 0. The highest BCUT2D eigenvalue weighted by Crippen LogP contribution is 2.20. The lowest BCUT2D eigenvalue weighted by Gasteiger charge is -2.04. The molecule has 0 aliphatic carbocycles. The van der Waals surface area contributed by atoms with E-state index in [-0.39, 0.29) is 18.0 Å². The summed E-state index contributed by atoms with van der Waals surface area (Å²) in [6.45, 7) is 3.83. The van der Waals surface area contributed by atoms with Crippen molar-refractivity contribution in [1.82, 2.24) is 0 Å². The summed E-state index contributed by atoms with van der Waals surface area (Å²) in [5, 5.41) is 0. The van der Waals surface area contributed by atoms with Crippen molar-refractivity contribution >= 4 is 11.6 Å². The Morgan fingerprint density at radius 1 is 0.850 bits per heavy atom. The molecule has 20 heavy (non-hydrogen) atoms. The highest BCUT2D eigenvalue weighted by Gasteiger charge is 2.10. The third-order valence-electron chi connectivity index (χ3n) is 3.34. The second kappa shape index (κ2) is 6.29. The van der Waals surface area contributed by atoms with Gasteiger partial charge in [-0.05, 0) is 18.1 Å². The number of ketones is 2. The van der Waals surface area contributed by atoms with Crippen LogP contribution in [0.4, 0.5) is 0 Å². The number of hydrogen-bond acceptors (Lipinski definition) is 2. The smallest absolute Gasteiger partial charge is 0.170 e. The van der Waals surface area contributed by atoms with E-state index in [0.29, 0.717) is 12.0 Å². The molecule has 0 N–H and O–H groups in total. The number of aryl methyl sites for hydroxylation is 1. The quantitative estimate of drug-likeness (QED) is 0.600. The van der Waals surface area contributed by atoms with Crippen molar-refractivity contribution in [3.8, 4) is 11.1 Å². The number of benzene rings is 2. The Bertz CT molecular complexity index is 607. The van der Waals surface area contributed by atoms with Crippen LogP contribution in [0.1, 0.15) is 35.7 Å².